The molecule has 2 rings (SSSR count). The highest BCUT2D eigenvalue weighted by Gasteiger charge is 2.03. The van der Waals surface area contributed by atoms with Gasteiger partial charge in [0.05, 0.1) is 19.5 Å². The minimum Gasteiger partial charge on any atom is -0.497 e. The van der Waals surface area contributed by atoms with Crippen molar-refractivity contribution in [3.8, 4) is 11.5 Å². The van der Waals surface area contributed by atoms with Gasteiger partial charge in [-0.3, -0.25) is 4.79 Å². The molecular formula is C19H23NO3S. The van der Waals surface area contributed by atoms with Crippen LogP contribution in [0, 0.1) is 6.92 Å². The van der Waals surface area contributed by atoms with Crippen molar-refractivity contribution in [3.63, 3.8) is 0 Å². The summed E-state index contributed by atoms with van der Waals surface area (Å²) < 4.78 is 10.7. The topological polar surface area (TPSA) is 47.6 Å². The summed E-state index contributed by atoms with van der Waals surface area (Å²) >= 11 is 1.57. The predicted molar refractivity (Wildman–Crippen MR) is 98.8 cm³/mol. The molecule has 128 valence electrons. The fourth-order valence-corrected chi connectivity index (χ4v) is 2.74. The van der Waals surface area contributed by atoms with Gasteiger partial charge in [-0.25, -0.2) is 0 Å². The molecule has 0 aliphatic rings. The van der Waals surface area contributed by atoms with Gasteiger partial charge in [0.1, 0.15) is 11.5 Å². The first kappa shape index (κ1) is 18.2. The molecule has 0 aliphatic carbocycles. The van der Waals surface area contributed by atoms with Gasteiger partial charge in [-0.2, -0.15) is 0 Å². The third-order valence-electron chi connectivity index (χ3n) is 3.53. The summed E-state index contributed by atoms with van der Waals surface area (Å²) in [5.41, 5.74) is 2.34. The number of hydrogen-bond donors (Lipinski definition) is 1. The Balaban J connectivity index is 1.58. The van der Waals surface area contributed by atoms with Crippen LogP contribution in [0.5, 0.6) is 11.5 Å². The molecule has 0 bridgehead atoms. The molecule has 0 saturated carbocycles. The van der Waals surface area contributed by atoms with Crippen LogP contribution in [0.25, 0.3) is 0 Å². The second-order valence-corrected chi connectivity index (χ2v) is 6.38. The molecule has 24 heavy (non-hydrogen) atoms. The van der Waals surface area contributed by atoms with E-state index in [1.165, 1.54) is 5.56 Å². The highest BCUT2D eigenvalue weighted by molar-refractivity contribution is 7.99. The van der Waals surface area contributed by atoms with Crippen molar-refractivity contribution in [2.24, 2.45) is 0 Å². The molecule has 0 fully saturated rings. The van der Waals surface area contributed by atoms with Gasteiger partial charge < -0.3 is 14.8 Å². The summed E-state index contributed by atoms with van der Waals surface area (Å²) in [7, 11) is 1.64. The molecule has 0 aliphatic heterocycles. The minimum atomic E-state index is 0.0488. The second kappa shape index (κ2) is 9.88. The van der Waals surface area contributed by atoms with Gasteiger partial charge in [0.15, 0.2) is 0 Å². The summed E-state index contributed by atoms with van der Waals surface area (Å²) in [6.45, 7) is 3.20. The van der Waals surface area contributed by atoms with E-state index in [1.54, 1.807) is 18.9 Å². The lowest BCUT2D eigenvalue weighted by Crippen LogP contribution is -2.25. The van der Waals surface area contributed by atoms with Crippen LogP contribution in [0.15, 0.2) is 48.5 Å². The zero-order chi connectivity index (χ0) is 17.2. The number of methoxy groups -OCH3 is 1. The fraction of sp³-hybridized carbons (Fsp3) is 0.316. The molecule has 4 nitrogen and oxygen atoms in total. The molecule has 0 radical (unpaired) electrons. The van der Waals surface area contributed by atoms with E-state index in [9.17, 15) is 4.79 Å². The molecule has 5 heteroatoms. The number of benzene rings is 2. The summed E-state index contributed by atoms with van der Waals surface area (Å²) in [4.78, 5) is 11.8. The van der Waals surface area contributed by atoms with Crippen molar-refractivity contribution in [1.29, 1.82) is 0 Å². The maximum atomic E-state index is 11.8. The lowest BCUT2D eigenvalue weighted by Gasteiger charge is -2.08. The van der Waals surface area contributed by atoms with Crippen LogP contribution in [-0.2, 0) is 11.3 Å². The summed E-state index contributed by atoms with van der Waals surface area (Å²) in [6, 6.07) is 15.5. The van der Waals surface area contributed by atoms with Crippen LogP contribution >= 0.6 is 11.8 Å². The first-order chi connectivity index (χ1) is 11.7. The molecule has 2 aromatic rings. The third-order valence-corrected chi connectivity index (χ3v) is 4.45. The number of rotatable bonds is 9. The van der Waals surface area contributed by atoms with Crippen molar-refractivity contribution < 1.29 is 14.3 Å². The van der Waals surface area contributed by atoms with Gasteiger partial charge in [-0.1, -0.05) is 24.3 Å². The van der Waals surface area contributed by atoms with Gasteiger partial charge in [0.2, 0.25) is 5.91 Å². The predicted octanol–water partition coefficient (Wildman–Crippen LogP) is 3.43. The Morgan fingerprint density at radius 1 is 1.08 bits per heavy atom. The average Bonchev–Trinajstić information content (AvgIpc) is 2.61. The van der Waals surface area contributed by atoms with Crippen LogP contribution in [0.2, 0.25) is 0 Å². The standard InChI is InChI=1S/C19H23NO3S/c1-15-5-3-4-6-16(15)13-20-19(21)14-24-12-11-23-18-9-7-17(22-2)8-10-18/h3-10H,11-14H2,1-2H3,(H,20,21). The molecule has 1 N–H and O–H groups in total. The normalized spacial score (nSPS) is 10.2. The van der Waals surface area contributed by atoms with Crippen molar-refractivity contribution in [2.45, 2.75) is 13.5 Å². The van der Waals surface area contributed by atoms with E-state index >= 15 is 0 Å². The largest absolute Gasteiger partial charge is 0.497 e. The maximum absolute atomic E-state index is 11.8. The van der Waals surface area contributed by atoms with E-state index in [0.717, 1.165) is 22.8 Å². The summed E-state index contributed by atoms with van der Waals surface area (Å²) in [6.07, 6.45) is 0. The third kappa shape index (κ3) is 6.16. The zero-order valence-electron chi connectivity index (χ0n) is 14.1. The van der Waals surface area contributed by atoms with Gasteiger partial charge in [-0.05, 0) is 42.3 Å². The van der Waals surface area contributed by atoms with Gasteiger partial charge >= 0.3 is 0 Å². The van der Waals surface area contributed by atoms with Crippen molar-refractivity contribution in [1.82, 2.24) is 5.32 Å². The summed E-state index contributed by atoms with van der Waals surface area (Å²) in [5, 5.41) is 2.95. The van der Waals surface area contributed by atoms with Crippen molar-refractivity contribution >= 4 is 17.7 Å². The molecule has 0 aromatic heterocycles. The monoisotopic (exact) mass is 345 g/mol. The van der Waals surface area contributed by atoms with Gasteiger partial charge in [-0.15, -0.1) is 11.8 Å². The smallest absolute Gasteiger partial charge is 0.230 e. The molecule has 0 saturated heterocycles. The van der Waals surface area contributed by atoms with E-state index in [0.29, 0.717) is 18.9 Å². The Morgan fingerprint density at radius 3 is 2.50 bits per heavy atom. The lowest BCUT2D eigenvalue weighted by atomic mass is 10.1. The highest BCUT2D eigenvalue weighted by Crippen LogP contribution is 2.17. The molecule has 0 heterocycles. The SMILES string of the molecule is COc1ccc(OCCSCC(=O)NCc2ccccc2C)cc1. The van der Waals surface area contributed by atoms with E-state index in [-0.39, 0.29) is 5.91 Å². The van der Waals surface area contributed by atoms with Gasteiger partial charge in [0.25, 0.3) is 0 Å². The zero-order valence-corrected chi connectivity index (χ0v) is 14.9. The van der Waals surface area contributed by atoms with Crippen LogP contribution in [0.1, 0.15) is 11.1 Å². The Morgan fingerprint density at radius 2 is 1.79 bits per heavy atom. The number of carbonyl (C=O) groups is 1. The molecule has 0 spiro atoms. The van der Waals surface area contributed by atoms with E-state index in [4.69, 9.17) is 9.47 Å². The fourth-order valence-electron chi connectivity index (χ4n) is 2.11. The number of ether oxygens (including phenoxy) is 2. The first-order valence-electron chi connectivity index (χ1n) is 7.85. The van der Waals surface area contributed by atoms with Crippen LogP contribution in [0.4, 0.5) is 0 Å². The quantitative estimate of drug-likeness (QED) is 0.707. The maximum Gasteiger partial charge on any atom is 0.230 e. The molecular weight excluding hydrogens is 322 g/mol. The number of carbonyl (C=O) groups excluding carboxylic acids is 1. The Hall–Kier alpha value is -2.14. The van der Waals surface area contributed by atoms with Crippen molar-refractivity contribution in [3.05, 3.63) is 59.7 Å². The minimum absolute atomic E-state index is 0.0488. The number of nitrogens with one attached hydrogen (secondary N) is 1. The van der Waals surface area contributed by atoms with E-state index in [1.807, 2.05) is 55.5 Å². The van der Waals surface area contributed by atoms with E-state index in [2.05, 4.69) is 5.32 Å². The van der Waals surface area contributed by atoms with Crippen LogP contribution in [0.3, 0.4) is 0 Å². The molecule has 0 unspecified atom stereocenters. The summed E-state index contributed by atoms with van der Waals surface area (Å²) in [5.74, 6) is 2.87. The Bertz CT molecular complexity index is 643. The first-order valence-corrected chi connectivity index (χ1v) is 9.00. The number of amides is 1. The molecule has 0 atom stereocenters. The Labute approximate surface area is 147 Å². The molecule has 1 amide bonds. The van der Waals surface area contributed by atoms with Crippen LogP contribution < -0.4 is 14.8 Å². The molecule has 2 aromatic carbocycles. The second-order valence-electron chi connectivity index (χ2n) is 5.28. The van der Waals surface area contributed by atoms with Crippen molar-refractivity contribution in [2.75, 3.05) is 25.2 Å². The Kier molecular flexibility index (Phi) is 7.49. The van der Waals surface area contributed by atoms with Crippen LogP contribution in [-0.4, -0.2) is 31.1 Å². The highest BCUT2D eigenvalue weighted by atomic mass is 32.2. The number of hydrogen-bond acceptors (Lipinski definition) is 4. The average molecular weight is 345 g/mol. The lowest BCUT2D eigenvalue weighted by molar-refractivity contribution is -0.118. The number of aryl methyl sites for hydroxylation is 1. The van der Waals surface area contributed by atoms with E-state index < -0.39 is 0 Å². The van der Waals surface area contributed by atoms with Gasteiger partial charge in [0, 0.05) is 12.3 Å². The number of thioether (sulfide) groups is 1.